The van der Waals surface area contributed by atoms with E-state index in [-0.39, 0.29) is 44.9 Å². The Kier molecular flexibility index (Phi) is 23.4. The fraction of sp³-hybridized carbons (Fsp3) is 0.377. The van der Waals surface area contributed by atoms with Crippen LogP contribution in [0, 0.1) is 0 Å². The van der Waals surface area contributed by atoms with Gasteiger partial charge < -0.3 is 69.1 Å². The van der Waals surface area contributed by atoms with Gasteiger partial charge in [-0.05, 0) is 61.5 Å². The molecule has 25 heteroatoms. The minimum atomic E-state index is -1.33. The number of nitrogens with two attached hydrogens (primary N) is 2. The minimum Gasteiger partial charge on any atom is -0.481 e. The van der Waals surface area contributed by atoms with Crippen molar-refractivity contribution in [3.63, 3.8) is 0 Å². The standard InChI is InChI=1S/C53H67N13O11S/c1-30(60-49(73)37(54)18-19-45(68)69)47(71)65-42(24-34-26-57-38-17-11-10-16-36(34)38)51(75)61-31(2)48(72)64-40(22-32-12-6-4-7-13-32)50(74)58-28-44(67)62-43(25-35-27-56-29-59-35)53(77)66-41(23-33-14-8-5-9-15-33)52(76)63-39(46(55)70)20-21-78-3/h4-17,26-27,29-31,37,39-43,57H,18-25,28,54H2,1-3H3,(H2,55,70)(H,56,59)(H,58,74)(H,60,73)(H,61,75)(H,62,67)(H,63,76)(H,64,72)(H,65,71)(H,66,77)(H,68,69)/t30-,31-,37-,39-,40-,41-,42-,43-/m0/s1. The number of carbonyl (C=O) groups excluding carboxylic acids is 9. The molecule has 0 saturated heterocycles. The molecule has 0 bridgehead atoms. The highest BCUT2D eigenvalue weighted by atomic mass is 32.2. The number of nitrogens with one attached hydrogen (secondary N) is 10. The van der Waals surface area contributed by atoms with E-state index in [0.29, 0.717) is 28.1 Å². The van der Waals surface area contributed by atoms with Crippen molar-refractivity contribution < 1.29 is 53.1 Å². The lowest BCUT2D eigenvalue weighted by atomic mass is 10.0. The van der Waals surface area contributed by atoms with E-state index < -0.39 is 114 Å². The van der Waals surface area contributed by atoms with E-state index in [1.54, 1.807) is 72.9 Å². The second kappa shape index (κ2) is 30.2. The molecule has 0 radical (unpaired) electrons. The number of carboxylic acid groups (broad SMARTS) is 1. The van der Waals surface area contributed by atoms with E-state index in [0.717, 1.165) is 10.9 Å². The number of amides is 9. The molecule has 0 unspecified atom stereocenters. The molecule has 5 rings (SSSR count). The molecular weight excluding hydrogens is 1030 g/mol. The lowest BCUT2D eigenvalue weighted by Crippen LogP contribution is -2.59. The van der Waals surface area contributed by atoms with Gasteiger partial charge in [0.15, 0.2) is 0 Å². The fourth-order valence-electron chi connectivity index (χ4n) is 8.04. The summed E-state index contributed by atoms with van der Waals surface area (Å²) in [7, 11) is 0. The normalized spacial score (nSPS) is 14.1. The summed E-state index contributed by atoms with van der Waals surface area (Å²) in [5.41, 5.74) is 14.6. The van der Waals surface area contributed by atoms with E-state index in [1.807, 2.05) is 24.5 Å². The van der Waals surface area contributed by atoms with Crippen LogP contribution < -0.4 is 54.0 Å². The van der Waals surface area contributed by atoms with Gasteiger partial charge in [-0.2, -0.15) is 11.8 Å². The Labute approximate surface area is 453 Å². The molecule has 3 aromatic carbocycles. The van der Waals surface area contributed by atoms with E-state index in [4.69, 9.17) is 16.6 Å². The number of primary amides is 1. The van der Waals surface area contributed by atoms with Gasteiger partial charge in [0.05, 0.1) is 18.9 Å². The third kappa shape index (κ3) is 19.2. The summed E-state index contributed by atoms with van der Waals surface area (Å²) >= 11 is 1.46. The van der Waals surface area contributed by atoms with Gasteiger partial charge in [0.1, 0.15) is 42.3 Å². The van der Waals surface area contributed by atoms with E-state index in [1.165, 1.54) is 38.1 Å². The maximum absolute atomic E-state index is 14.1. The highest BCUT2D eigenvalue weighted by Gasteiger charge is 2.33. The maximum atomic E-state index is 14.1. The number of hydrogen-bond donors (Lipinski definition) is 13. The Bertz CT molecular complexity index is 2850. The number of carboxylic acids is 1. The lowest BCUT2D eigenvalue weighted by molar-refractivity contribution is -0.137. The van der Waals surface area contributed by atoms with Crippen LogP contribution in [0.15, 0.2) is 104 Å². The van der Waals surface area contributed by atoms with Gasteiger partial charge in [0.2, 0.25) is 53.2 Å². The van der Waals surface area contributed by atoms with Gasteiger partial charge in [-0.25, -0.2) is 4.98 Å². The second-order valence-corrected chi connectivity index (χ2v) is 19.5. The minimum absolute atomic E-state index is 0.0161. The van der Waals surface area contributed by atoms with Gasteiger partial charge in [-0.1, -0.05) is 78.9 Å². The van der Waals surface area contributed by atoms with Gasteiger partial charge in [0, 0.05) is 61.1 Å². The molecule has 8 atom stereocenters. The summed E-state index contributed by atoms with van der Waals surface area (Å²) in [5.74, 6) is -7.62. The van der Waals surface area contributed by atoms with E-state index in [2.05, 4.69) is 57.5 Å². The molecule has 15 N–H and O–H groups in total. The van der Waals surface area contributed by atoms with Crippen molar-refractivity contribution in [2.75, 3.05) is 18.6 Å². The topological polar surface area (TPSA) is 384 Å². The summed E-state index contributed by atoms with van der Waals surface area (Å²) in [6.45, 7) is 2.05. The van der Waals surface area contributed by atoms with Gasteiger partial charge in [-0.3, -0.25) is 47.9 Å². The summed E-state index contributed by atoms with van der Waals surface area (Å²) in [6.07, 6.45) is 5.80. The number of rotatable bonds is 31. The molecule has 416 valence electrons. The number of nitrogens with zero attached hydrogens (tertiary/aromatic N) is 1. The highest BCUT2D eigenvalue weighted by Crippen LogP contribution is 2.20. The molecule has 9 amide bonds. The molecule has 78 heavy (non-hydrogen) atoms. The van der Waals surface area contributed by atoms with Gasteiger partial charge in [0.25, 0.3) is 0 Å². The first-order valence-electron chi connectivity index (χ1n) is 25.1. The highest BCUT2D eigenvalue weighted by molar-refractivity contribution is 7.98. The smallest absolute Gasteiger partial charge is 0.303 e. The predicted molar refractivity (Wildman–Crippen MR) is 289 cm³/mol. The van der Waals surface area contributed by atoms with Gasteiger partial charge >= 0.3 is 5.97 Å². The third-order valence-corrected chi connectivity index (χ3v) is 13.0. The van der Waals surface area contributed by atoms with Crippen LogP contribution in [0.4, 0.5) is 0 Å². The molecule has 24 nitrogen and oxygen atoms in total. The van der Waals surface area contributed by atoms with Crippen molar-refractivity contribution in [1.82, 2.24) is 57.5 Å². The van der Waals surface area contributed by atoms with Crippen LogP contribution >= 0.6 is 11.8 Å². The third-order valence-electron chi connectivity index (χ3n) is 12.4. The zero-order valence-electron chi connectivity index (χ0n) is 43.3. The van der Waals surface area contributed by atoms with Crippen LogP contribution in [-0.4, -0.2) is 146 Å². The van der Waals surface area contributed by atoms with Crippen molar-refractivity contribution in [2.24, 2.45) is 11.5 Å². The van der Waals surface area contributed by atoms with Crippen molar-refractivity contribution in [3.05, 3.63) is 126 Å². The average molecular weight is 1090 g/mol. The second-order valence-electron chi connectivity index (χ2n) is 18.5. The molecule has 2 aromatic heterocycles. The number of aliphatic carboxylic acids is 1. The summed E-state index contributed by atoms with van der Waals surface area (Å²) in [6, 6.07) is 14.8. The Morgan fingerprint density at radius 3 is 1.67 bits per heavy atom. The van der Waals surface area contributed by atoms with Crippen LogP contribution in [0.25, 0.3) is 10.9 Å². The molecule has 0 spiro atoms. The molecular formula is C53H67N13O11S. The number of benzene rings is 3. The van der Waals surface area contributed by atoms with Crippen LogP contribution in [0.5, 0.6) is 0 Å². The van der Waals surface area contributed by atoms with Crippen LogP contribution in [0.3, 0.4) is 0 Å². The SMILES string of the molecule is CSCC[C@H](NC(=O)[C@H](Cc1ccccc1)NC(=O)[C@H](Cc1cnc[nH]1)NC(=O)CNC(=O)[C@H](Cc1ccccc1)NC(=O)[C@H](C)NC(=O)[C@H](Cc1c[nH]c2ccccc12)NC(=O)[C@H](C)NC(=O)[C@@H](N)CCC(=O)O)C(N)=O. The first-order chi connectivity index (χ1) is 37.3. The van der Waals surface area contributed by atoms with Crippen molar-refractivity contribution in [2.45, 2.75) is 107 Å². The quantitative estimate of drug-likeness (QED) is 0.0257. The number of thioether (sulfide) groups is 1. The molecule has 0 aliphatic carbocycles. The molecule has 0 aliphatic rings. The lowest BCUT2D eigenvalue weighted by Gasteiger charge is -2.25. The van der Waals surface area contributed by atoms with E-state index in [9.17, 15) is 47.9 Å². The number of hydrogen-bond acceptors (Lipinski definition) is 13. The summed E-state index contributed by atoms with van der Waals surface area (Å²) < 4.78 is 0. The fourth-order valence-corrected chi connectivity index (χ4v) is 8.52. The number of H-pyrrole nitrogens is 2. The van der Waals surface area contributed by atoms with Crippen molar-refractivity contribution >= 4 is 81.8 Å². The Morgan fingerprint density at radius 2 is 1.10 bits per heavy atom. The number of imidazole rings is 1. The summed E-state index contributed by atoms with van der Waals surface area (Å²) in [4.78, 5) is 143. The molecule has 2 heterocycles. The maximum Gasteiger partial charge on any atom is 0.303 e. The Balaban J connectivity index is 1.28. The van der Waals surface area contributed by atoms with Crippen molar-refractivity contribution in [1.29, 1.82) is 0 Å². The zero-order valence-corrected chi connectivity index (χ0v) is 44.2. The monoisotopic (exact) mass is 1090 g/mol. The summed E-state index contributed by atoms with van der Waals surface area (Å²) in [5, 5.41) is 30.6. The number of aromatic amines is 2. The molecule has 5 aromatic rings. The van der Waals surface area contributed by atoms with Gasteiger partial charge in [-0.15, -0.1) is 0 Å². The molecule has 0 saturated carbocycles. The first-order valence-corrected chi connectivity index (χ1v) is 26.5. The number of fused-ring (bicyclic) bond motifs is 1. The Morgan fingerprint density at radius 1 is 0.590 bits per heavy atom. The van der Waals surface area contributed by atoms with E-state index >= 15 is 0 Å². The van der Waals surface area contributed by atoms with Crippen LogP contribution in [-0.2, 0) is 73.6 Å². The number of para-hydroxylation sites is 1. The average Bonchev–Trinajstić information content (AvgIpc) is 4.11. The molecule has 0 fully saturated rings. The van der Waals surface area contributed by atoms with Crippen LogP contribution in [0.1, 0.15) is 55.5 Å². The Hall–Kier alpha value is -8.58. The van der Waals surface area contributed by atoms with Crippen LogP contribution in [0.2, 0.25) is 0 Å². The largest absolute Gasteiger partial charge is 0.481 e. The van der Waals surface area contributed by atoms with Crippen molar-refractivity contribution in [3.8, 4) is 0 Å². The first kappa shape index (κ1) is 60.3. The zero-order chi connectivity index (χ0) is 56.7. The number of carbonyl (C=O) groups is 10. The molecule has 0 aliphatic heterocycles. The number of aromatic nitrogens is 3. The predicted octanol–water partition coefficient (Wildman–Crippen LogP) is -0.858.